The highest BCUT2D eigenvalue weighted by Gasteiger charge is 2.18. The van der Waals surface area contributed by atoms with Crippen LogP contribution in [0.4, 0.5) is 0 Å². The number of aryl methyl sites for hydroxylation is 2. The normalized spacial score (nSPS) is 15.8. The van der Waals surface area contributed by atoms with Gasteiger partial charge in [0, 0.05) is 12.0 Å². The van der Waals surface area contributed by atoms with Gasteiger partial charge in [-0.25, -0.2) is 0 Å². The fraction of sp³-hybridized carbons (Fsp3) is 0.375. The van der Waals surface area contributed by atoms with E-state index < -0.39 is 0 Å². The van der Waals surface area contributed by atoms with E-state index in [-0.39, 0.29) is 6.04 Å². The molecule has 1 unspecified atom stereocenters. The molecular weight excluding hydrogens is 254 g/mol. The molecule has 0 saturated carbocycles. The lowest BCUT2D eigenvalue weighted by atomic mass is 9.99. The first-order valence-corrected chi connectivity index (χ1v) is 6.87. The van der Waals surface area contributed by atoms with Gasteiger partial charge in [-0.1, -0.05) is 6.07 Å². The SMILES string of the molecule is Cc1cc(C(N)c2ccc3c(c2)OCCCO3)c(C)o1. The molecule has 2 N–H and O–H groups in total. The highest BCUT2D eigenvalue weighted by molar-refractivity contribution is 5.46. The van der Waals surface area contributed by atoms with Gasteiger partial charge < -0.3 is 19.6 Å². The maximum Gasteiger partial charge on any atom is 0.161 e. The van der Waals surface area contributed by atoms with Crippen LogP contribution in [0.3, 0.4) is 0 Å². The maximum atomic E-state index is 6.35. The molecular formula is C16H19NO3. The van der Waals surface area contributed by atoms with Crippen LogP contribution in [0.2, 0.25) is 0 Å². The van der Waals surface area contributed by atoms with Crippen molar-refractivity contribution in [3.63, 3.8) is 0 Å². The summed E-state index contributed by atoms with van der Waals surface area (Å²) in [5.41, 5.74) is 8.36. The third-order valence-electron chi connectivity index (χ3n) is 3.55. The molecule has 0 aliphatic carbocycles. The highest BCUT2D eigenvalue weighted by Crippen LogP contribution is 2.34. The Balaban J connectivity index is 1.94. The molecule has 0 saturated heterocycles. The lowest BCUT2D eigenvalue weighted by Crippen LogP contribution is -2.12. The molecule has 1 aromatic heterocycles. The fourth-order valence-electron chi connectivity index (χ4n) is 2.51. The van der Waals surface area contributed by atoms with Gasteiger partial charge in [0.05, 0.1) is 19.3 Å². The average molecular weight is 273 g/mol. The summed E-state index contributed by atoms with van der Waals surface area (Å²) in [4.78, 5) is 0. The molecule has 1 atom stereocenters. The lowest BCUT2D eigenvalue weighted by Gasteiger charge is -2.14. The summed E-state index contributed by atoms with van der Waals surface area (Å²) in [6, 6.07) is 7.65. The van der Waals surface area contributed by atoms with Gasteiger partial charge in [-0.15, -0.1) is 0 Å². The van der Waals surface area contributed by atoms with E-state index in [1.165, 1.54) is 0 Å². The first kappa shape index (κ1) is 13.1. The van der Waals surface area contributed by atoms with Crippen molar-refractivity contribution in [3.8, 4) is 11.5 Å². The van der Waals surface area contributed by atoms with Gasteiger partial charge in [0.25, 0.3) is 0 Å². The number of fused-ring (bicyclic) bond motifs is 1. The third kappa shape index (κ3) is 2.39. The van der Waals surface area contributed by atoms with Crippen LogP contribution in [0.1, 0.15) is 35.1 Å². The Morgan fingerprint density at radius 1 is 1.05 bits per heavy atom. The molecule has 4 nitrogen and oxygen atoms in total. The summed E-state index contributed by atoms with van der Waals surface area (Å²) in [5, 5.41) is 0. The number of rotatable bonds is 2. The van der Waals surface area contributed by atoms with E-state index in [1.807, 2.05) is 38.1 Å². The topological polar surface area (TPSA) is 57.6 Å². The van der Waals surface area contributed by atoms with Crippen LogP contribution in [0.15, 0.2) is 28.7 Å². The number of nitrogens with two attached hydrogens (primary N) is 1. The molecule has 4 heteroatoms. The van der Waals surface area contributed by atoms with Crippen LogP contribution >= 0.6 is 0 Å². The summed E-state index contributed by atoms with van der Waals surface area (Å²) < 4.78 is 16.9. The molecule has 0 bridgehead atoms. The van der Waals surface area contributed by atoms with Gasteiger partial charge in [0.2, 0.25) is 0 Å². The van der Waals surface area contributed by atoms with Crippen molar-refractivity contribution in [1.82, 2.24) is 0 Å². The van der Waals surface area contributed by atoms with Crippen LogP contribution in [-0.4, -0.2) is 13.2 Å². The molecule has 2 heterocycles. The van der Waals surface area contributed by atoms with Gasteiger partial charge in [-0.3, -0.25) is 0 Å². The zero-order chi connectivity index (χ0) is 14.1. The summed E-state index contributed by atoms with van der Waals surface area (Å²) in [6.45, 7) is 5.23. The smallest absolute Gasteiger partial charge is 0.161 e. The first-order valence-electron chi connectivity index (χ1n) is 6.87. The maximum absolute atomic E-state index is 6.35. The molecule has 20 heavy (non-hydrogen) atoms. The van der Waals surface area contributed by atoms with Crippen LogP contribution in [0.25, 0.3) is 0 Å². The van der Waals surface area contributed by atoms with Gasteiger partial charge >= 0.3 is 0 Å². The lowest BCUT2D eigenvalue weighted by molar-refractivity contribution is 0.297. The van der Waals surface area contributed by atoms with Gasteiger partial charge in [0.1, 0.15) is 11.5 Å². The van der Waals surface area contributed by atoms with Crippen LogP contribution in [0.5, 0.6) is 11.5 Å². The van der Waals surface area contributed by atoms with Crippen molar-refractivity contribution in [2.45, 2.75) is 26.3 Å². The van der Waals surface area contributed by atoms with Crippen LogP contribution in [-0.2, 0) is 0 Å². The van der Waals surface area contributed by atoms with Gasteiger partial charge in [0.15, 0.2) is 11.5 Å². The Morgan fingerprint density at radius 2 is 1.80 bits per heavy atom. The minimum Gasteiger partial charge on any atom is -0.490 e. The minimum atomic E-state index is -0.218. The van der Waals surface area contributed by atoms with Gasteiger partial charge in [-0.05, 0) is 37.6 Å². The molecule has 0 fully saturated rings. The quantitative estimate of drug-likeness (QED) is 0.913. The zero-order valence-electron chi connectivity index (χ0n) is 11.8. The minimum absolute atomic E-state index is 0.218. The Hall–Kier alpha value is -1.94. The first-order chi connectivity index (χ1) is 9.65. The Morgan fingerprint density at radius 3 is 2.50 bits per heavy atom. The summed E-state index contributed by atoms with van der Waals surface area (Å²) in [7, 11) is 0. The number of hydrogen-bond donors (Lipinski definition) is 1. The highest BCUT2D eigenvalue weighted by atomic mass is 16.5. The number of ether oxygens (including phenoxy) is 2. The predicted octanol–water partition coefficient (Wildman–Crippen LogP) is 3.11. The van der Waals surface area contributed by atoms with E-state index in [2.05, 4.69) is 0 Å². The molecule has 1 aliphatic rings. The van der Waals surface area contributed by atoms with E-state index in [4.69, 9.17) is 19.6 Å². The van der Waals surface area contributed by atoms with Crippen molar-refractivity contribution in [3.05, 3.63) is 46.9 Å². The summed E-state index contributed by atoms with van der Waals surface area (Å²) in [6.07, 6.45) is 0.899. The van der Waals surface area contributed by atoms with Gasteiger partial charge in [-0.2, -0.15) is 0 Å². The second-order valence-electron chi connectivity index (χ2n) is 5.10. The molecule has 0 spiro atoms. The Labute approximate surface area is 118 Å². The summed E-state index contributed by atoms with van der Waals surface area (Å²) >= 11 is 0. The summed E-state index contributed by atoms with van der Waals surface area (Å²) in [5.74, 6) is 3.30. The molecule has 0 radical (unpaired) electrons. The van der Waals surface area contributed by atoms with E-state index in [0.29, 0.717) is 13.2 Å². The van der Waals surface area contributed by atoms with Crippen LogP contribution < -0.4 is 15.2 Å². The standard InChI is InChI=1S/C16H19NO3/c1-10-8-13(11(2)20-10)16(17)12-4-5-14-15(9-12)19-7-3-6-18-14/h4-5,8-9,16H,3,6-7,17H2,1-2H3. The second-order valence-corrected chi connectivity index (χ2v) is 5.10. The zero-order valence-corrected chi connectivity index (χ0v) is 11.8. The van der Waals surface area contributed by atoms with Crippen LogP contribution in [0, 0.1) is 13.8 Å². The molecule has 2 aromatic rings. The van der Waals surface area contributed by atoms with Crippen molar-refractivity contribution in [2.75, 3.05) is 13.2 Å². The predicted molar refractivity (Wildman–Crippen MR) is 76.3 cm³/mol. The van der Waals surface area contributed by atoms with E-state index in [9.17, 15) is 0 Å². The molecule has 0 amide bonds. The van der Waals surface area contributed by atoms with Crippen molar-refractivity contribution >= 4 is 0 Å². The Bertz CT molecular complexity index is 618. The van der Waals surface area contributed by atoms with E-state index >= 15 is 0 Å². The number of benzene rings is 1. The molecule has 106 valence electrons. The van der Waals surface area contributed by atoms with Crippen molar-refractivity contribution < 1.29 is 13.9 Å². The molecule has 3 rings (SSSR count). The number of furan rings is 1. The van der Waals surface area contributed by atoms with Crippen molar-refractivity contribution in [2.24, 2.45) is 5.73 Å². The average Bonchev–Trinajstić information content (AvgIpc) is 2.65. The van der Waals surface area contributed by atoms with E-state index in [1.54, 1.807) is 0 Å². The van der Waals surface area contributed by atoms with Crippen molar-refractivity contribution in [1.29, 1.82) is 0 Å². The van der Waals surface area contributed by atoms with E-state index in [0.717, 1.165) is 40.6 Å². The number of hydrogen-bond acceptors (Lipinski definition) is 4. The molecule has 1 aromatic carbocycles. The fourth-order valence-corrected chi connectivity index (χ4v) is 2.51. The largest absolute Gasteiger partial charge is 0.490 e. The second kappa shape index (κ2) is 5.21. The third-order valence-corrected chi connectivity index (χ3v) is 3.55. The monoisotopic (exact) mass is 273 g/mol. The Kier molecular flexibility index (Phi) is 3.40. The molecule has 1 aliphatic heterocycles.